The summed E-state index contributed by atoms with van der Waals surface area (Å²) in [6.07, 6.45) is 0.527. The number of amides is 3. The Kier molecular flexibility index (Phi) is 4.90. The number of carbonyl (C=O) groups excluding carboxylic acids is 3. The van der Waals surface area contributed by atoms with E-state index in [1.165, 1.54) is 6.92 Å². The predicted molar refractivity (Wildman–Crippen MR) is 96.5 cm³/mol. The number of carbonyl (C=O) groups is 3. The topological polar surface area (TPSA) is 120 Å². The highest BCUT2D eigenvalue weighted by Gasteiger charge is 2.31. The molecule has 0 fully saturated rings. The van der Waals surface area contributed by atoms with E-state index in [1.807, 2.05) is 13.0 Å². The molecule has 9 heteroatoms. The van der Waals surface area contributed by atoms with Crippen LogP contribution in [-0.4, -0.2) is 46.1 Å². The van der Waals surface area contributed by atoms with Crippen LogP contribution >= 0.6 is 0 Å². The summed E-state index contributed by atoms with van der Waals surface area (Å²) in [6.45, 7) is 3.87. The molecule has 9 nitrogen and oxygen atoms in total. The standard InChI is InChI=1S/C18H18N6O3/c1-11-8-23(9-20-12(2)26)18(27)17-6-16(22-24(11)17)14-4-3-13(7-19)5-15(14)21-10-25/h3-6,10-11H,8-9H2,1-2H3,(H,20,26)(H,21,25). The van der Waals surface area contributed by atoms with Gasteiger partial charge in [-0.2, -0.15) is 10.4 Å². The van der Waals surface area contributed by atoms with E-state index in [2.05, 4.69) is 15.7 Å². The van der Waals surface area contributed by atoms with Crippen LogP contribution in [0.2, 0.25) is 0 Å². The summed E-state index contributed by atoms with van der Waals surface area (Å²) in [4.78, 5) is 36.3. The van der Waals surface area contributed by atoms with Crippen LogP contribution in [0.1, 0.15) is 35.9 Å². The molecule has 2 N–H and O–H groups in total. The highest BCUT2D eigenvalue weighted by Crippen LogP contribution is 2.31. The number of benzene rings is 1. The number of fused-ring (bicyclic) bond motifs is 1. The zero-order chi connectivity index (χ0) is 19.6. The van der Waals surface area contributed by atoms with E-state index in [4.69, 9.17) is 5.26 Å². The molecule has 1 atom stereocenters. The molecule has 1 aliphatic heterocycles. The van der Waals surface area contributed by atoms with E-state index < -0.39 is 0 Å². The first-order valence-electron chi connectivity index (χ1n) is 8.32. The molecule has 1 unspecified atom stereocenters. The first kappa shape index (κ1) is 18.1. The fourth-order valence-corrected chi connectivity index (χ4v) is 3.03. The van der Waals surface area contributed by atoms with Gasteiger partial charge in [0.2, 0.25) is 12.3 Å². The SMILES string of the molecule is CC(=O)NCN1CC(C)n2nc(-c3ccc(C#N)cc3NC=O)cc2C1=O. The fraction of sp³-hybridized carbons (Fsp3) is 0.278. The van der Waals surface area contributed by atoms with Gasteiger partial charge in [0.1, 0.15) is 5.69 Å². The summed E-state index contributed by atoms with van der Waals surface area (Å²) in [5.74, 6) is -0.448. The summed E-state index contributed by atoms with van der Waals surface area (Å²) >= 11 is 0. The van der Waals surface area contributed by atoms with Crippen molar-refractivity contribution in [2.24, 2.45) is 0 Å². The Morgan fingerprint density at radius 1 is 1.44 bits per heavy atom. The Morgan fingerprint density at radius 2 is 2.22 bits per heavy atom. The minimum Gasteiger partial charge on any atom is -0.339 e. The van der Waals surface area contributed by atoms with Gasteiger partial charge in [0.15, 0.2) is 0 Å². The van der Waals surface area contributed by atoms with E-state index in [1.54, 1.807) is 33.8 Å². The van der Waals surface area contributed by atoms with Gasteiger partial charge in [-0.15, -0.1) is 0 Å². The molecule has 27 heavy (non-hydrogen) atoms. The van der Waals surface area contributed by atoms with Crippen molar-refractivity contribution in [1.82, 2.24) is 20.0 Å². The van der Waals surface area contributed by atoms with E-state index in [0.717, 1.165) is 0 Å². The Morgan fingerprint density at radius 3 is 2.89 bits per heavy atom. The number of hydrogen-bond acceptors (Lipinski definition) is 5. The van der Waals surface area contributed by atoms with Crippen LogP contribution in [0.5, 0.6) is 0 Å². The maximum absolute atomic E-state index is 12.7. The third-order valence-corrected chi connectivity index (χ3v) is 4.30. The lowest BCUT2D eigenvalue weighted by Crippen LogP contribution is -2.47. The Hall–Kier alpha value is -3.67. The molecule has 1 aliphatic rings. The van der Waals surface area contributed by atoms with Crippen molar-refractivity contribution in [2.45, 2.75) is 19.9 Å². The van der Waals surface area contributed by atoms with Crippen LogP contribution in [0.3, 0.4) is 0 Å². The second-order valence-corrected chi connectivity index (χ2v) is 6.26. The lowest BCUT2D eigenvalue weighted by Gasteiger charge is -2.31. The molecule has 0 saturated carbocycles. The Bertz CT molecular complexity index is 958. The minimum atomic E-state index is -0.237. The number of rotatable bonds is 5. The highest BCUT2D eigenvalue weighted by atomic mass is 16.2. The number of nitrogens with zero attached hydrogens (tertiary/aromatic N) is 4. The number of nitrogens with one attached hydrogen (secondary N) is 2. The second-order valence-electron chi connectivity index (χ2n) is 6.26. The van der Waals surface area contributed by atoms with Gasteiger partial charge in [0, 0.05) is 19.0 Å². The number of anilines is 1. The van der Waals surface area contributed by atoms with E-state index in [-0.39, 0.29) is 24.5 Å². The molecule has 0 spiro atoms. The summed E-state index contributed by atoms with van der Waals surface area (Å²) in [6, 6.07) is 8.44. The van der Waals surface area contributed by atoms with E-state index >= 15 is 0 Å². The smallest absolute Gasteiger partial charge is 0.273 e. The van der Waals surface area contributed by atoms with Gasteiger partial charge >= 0.3 is 0 Å². The van der Waals surface area contributed by atoms with Gasteiger partial charge in [0.25, 0.3) is 5.91 Å². The molecule has 3 rings (SSSR count). The van der Waals surface area contributed by atoms with Crippen LogP contribution < -0.4 is 10.6 Å². The zero-order valence-electron chi connectivity index (χ0n) is 14.9. The zero-order valence-corrected chi connectivity index (χ0v) is 14.9. The molecule has 2 aromatic rings. The fourth-order valence-electron chi connectivity index (χ4n) is 3.03. The first-order chi connectivity index (χ1) is 12.9. The molecule has 3 amide bonds. The van der Waals surface area contributed by atoms with Gasteiger partial charge in [0.05, 0.1) is 35.7 Å². The van der Waals surface area contributed by atoms with Crippen molar-refractivity contribution in [3.05, 3.63) is 35.5 Å². The summed E-state index contributed by atoms with van der Waals surface area (Å²) in [5, 5.41) is 18.8. The molecular formula is C18H18N6O3. The first-order valence-corrected chi connectivity index (χ1v) is 8.32. The average molecular weight is 366 g/mol. The van der Waals surface area contributed by atoms with Crippen molar-refractivity contribution in [2.75, 3.05) is 18.5 Å². The number of aromatic nitrogens is 2. The van der Waals surface area contributed by atoms with Gasteiger partial charge < -0.3 is 15.5 Å². The van der Waals surface area contributed by atoms with Gasteiger partial charge in [-0.3, -0.25) is 19.1 Å². The lowest BCUT2D eigenvalue weighted by atomic mass is 10.1. The Labute approximate surface area is 155 Å². The van der Waals surface area contributed by atoms with Crippen molar-refractivity contribution < 1.29 is 14.4 Å². The highest BCUT2D eigenvalue weighted by molar-refractivity contribution is 5.95. The third-order valence-electron chi connectivity index (χ3n) is 4.30. The third kappa shape index (κ3) is 3.50. The quantitative estimate of drug-likeness (QED) is 0.768. The summed E-state index contributed by atoms with van der Waals surface area (Å²) in [5.41, 5.74) is 2.36. The number of hydrogen-bond donors (Lipinski definition) is 2. The van der Waals surface area contributed by atoms with Crippen molar-refractivity contribution in [3.8, 4) is 17.3 Å². The minimum absolute atomic E-state index is 0.0823. The second kappa shape index (κ2) is 7.29. The Balaban J connectivity index is 1.98. The maximum atomic E-state index is 12.7. The van der Waals surface area contributed by atoms with Crippen LogP contribution in [0.4, 0.5) is 5.69 Å². The van der Waals surface area contributed by atoms with Crippen molar-refractivity contribution >= 4 is 23.9 Å². The molecule has 0 bridgehead atoms. The van der Waals surface area contributed by atoms with E-state index in [9.17, 15) is 14.4 Å². The molecule has 2 heterocycles. The number of nitriles is 1. The van der Waals surface area contributed by atoms with Gasteiger partial charge in [-0.05, 0) is 31.2 Å². The normalized spacial score (nSPS) is 15.7. The molecule has 1 aromatic carbocycles. The van der Waals surface area contributed by atoms with Crippen LogP contribution in [0.15, 0.2) is 24.3 Å². The molecule has 138 valence electrons. The summed E-state index contributed by atoms with van der Waals surface area (Å²) in [7, 11) is 0. The summed E-state index contributed by atoms with van der Waals surface area (Å²) < 4.78 is 1.64. The molecular weight excluding hydrogens is 348 g/mol. The molecule has 0 aliphatic carbocycles. The van der Waals surface area contributed by atoms with Crippen LogP contribution in [0.25, 0.3) is 11.3 Å². The predicted octanol–water partition coefficient (Wildman–Crippen LogP) is 1.10. The lowest BCUT2D eigenvalue weighted by molar-refractivity contribution is -0.119. The molecule has 1 aromatic heterocycles. The molecule has 0 radical (unpaired) electrons. The average Bonchev–Trinajstić information content (AvgIpc) is 3.09. The van der Waals surface area contributed by atoms with Crippen LogP contribution in [-0.2, 0) is 9.59 Å². The van der Waals surface area contributed by atoms with Crippen molar-refractivity contribution in [3.63, 3.8) is 0 Å². The molecule has 0 saturated heterocycles. The van der Waals surface area contributed by atoms with E-state index in [0.29, 0.717) is 41.2 Å². The largest absolute Gasteiger partial charge is 0.339 e. The monoisotopic (exact) mass is 366 g/mol. The van der Waals surface area contributed by atoms with Crippen molar-refractivity contribution in [1.29, 1.82) is 5.26 Å². The van der Waals surface area contributed by atoms with Gasteiger partial charge in [-0.1, -0.05) is 0 Å². The van der Waals surface area contributed by atoms with Crippen LogP contribution in [0, 0.1) is 11.3 Å². The maximum Gasteiger partial charge on any atom is 0.273 e. The van der Waals surface area contributed by atoms with Gasteiger partial charge in [-0.25, -0.2) is 0 Å².